The van der Waals surface area contributed by atoms with Crippen molar-refractivity contribution in [1.29, 1.82) is 0 Å². The molecule has 1 aromatic carbocycles. The minimum atomic E-state index is -0.945. The topological polar surface area (TPSA) is 159 Å². The van der Waals surface area contributed by atoms with Crippen molar-refractivity contribution >= 4 is 17.7 Å². The second-order valence-electron chi connectivity index (χ2n) is 8.40. The monoisotopic (exact) mass is 515 g/mol. The molecule has 1 amide bonds. The van der Waals surface area contributed by atoms with Gasteiger partial charge in [0.15, 0.2) is 0 Å². The van der Waals surface area contributed by atoms with Crippen molar-refractivity contribution < 1.29 is 9.53 Å². The number of ether oxygens (including phenoxy) is 1. The molecule has 1 aliphatic heterocycles. The summed E-state index contributed by atoms with van der Waals surface area (Å²) in [4.78, 5) is 36.2. The Kier molecular flexibility index (Phi) is 5.49. The smallest absolute Gasteiger partial charge is 0.391 e. The largest absolute Gasteiger partial charge is 0.411 e. The van der Waals surface area contributed by atoms with Gasteiger partial charge in [-0.15, -0.1) is 5.10 Å². The lowest BCUT2D eigenvalue weighted by molar-refractivity contribution is 0.209. The van der Waals surface area contributed by atoms with E-state index in [1.165, 1.54) is 17.2 Å². The molecule has 1 aliphatic rings. The number of H-pyrrole nitrogens is 1. The minimum Gasteiger partial charge on any atom is -0.391 e. The average molecular weight is 516 g/mol. The summed E-state index contributed by atoms with van der Waals surface area (Å²) in [6, 6.07) is 12.0. The molecule has 12 nitrogen and oxygen atoms in total. The van der Waals surface area contributed by atoms with Crippen molar-refractivity contribution in [3.05, 3.63) is 88.1 Å². The number of hydrogen-bond donors (Lipinski definition) is 2. The molecule has 0 aliphatic carbocycles. The molecule has 5 heterocycles. The summed E-state index contributed by atoms with van der Waals surface area (Å²) in [7, 11) is 0. The van der Waals surface area contributed by atoms with Crippen LogP contribution in [0.3, 0.4) is 0 Å². The highest BCUT2D eigenvalue weighted by Crippen LogP contribution is 2.34. The summed E-state index contributed by atoms with van der Waals surface area (Å²) in [5.41, 5.74) is 9.39. The van der Waals surface area contributed by atoms with Crippen LogP contribution in [0.2, 0.25) is 5.02 Å². The van der Waals surface area contributed by atoms with E-state index >= 15 is 0 Å². The SMILES string of the molecule is NC(=O)Oc1cc(-c2cnc([C@@H]3CCc4cc(-c5cc(Cl)ccc5-n5cnnn5)cc(=O)n43)[nH]2)ccn1. The molecule has 1 atom stereocenters. The molecule has 4 aromatic heterocycles. The van der Waals surface area contributed by atoms with Crippen LogP contribution in [0.25, 0.3) is 28.1 Å². The number of hydrogen-bond acceptors (Lipinski definition) is 8. The molecule has 5 aromatic rings. The third kappa shape index (κ3) is 4.23. The van der Waals surface area contributed by atoms with Crippen molar-refractivity contribution in [2.75, 3.05) is 0 Å². The summed E-state index contributed by atoms with van der Waals surface area (Å²) in [5, 5.41) is 11.9. The second kappa shape index (κ2) is 8.99. The van der Waals surface area contributed by atoms with Crippen LogP contribution in [0.1, 0.15) is 24.0 Å². The molecule has 0 fully saturated rings. The first-order valence-corrected chi connectivity index (χ1v) is 11.6. The Hall–Kier alpha value is -4.84. The molecule has 0 radical (unpaired) electrons. The van der Waals surface area contributed by atoms with Crippen molar-refractivity contribution in [3.63, 3.8) is 0 Å². The van der Waals surface area contributed by atoms with Crippen molar-refractivity contribution in [2.24, 2.45) is 5.73 Å². The number of pyridine rings is 2. The number of nitrogens with zero attached hydrogens (tertiary/aromatic N) is 7. The molecule has 0 bridgehead atoms. The van der Waals surface area contributed by atoms with E-state index in [9.17, 15) is 9.59 Å². The maximum Gasteiger partial charge on any atom is 0.411 e. The number of nitrogens with one attached hydrogen (secondary N) is 1. The van der Waals surface area contributed by atoms with Crippen LogP contribution in [-0.4, -0.2) is 45.8 Å². The van der Waals surface area contributed by atoms with E-state index in [2.05, 4.69) is 30.5 Å². The van der Waals surface area contributed by atoms with E-state index in [-0.39, 0.29) is 17.5 Å². The fourth-order valence-corrected chi connectivity index (χ4v) is 4.78. The number of rotatable bonds is 5. The summed E-state index contributed by atoms with van der Waals surface area (Å²) in [6.45, 7) is 0. The van der Waals surface area contributed by atoms with Crippen LogP contribution < -0.4 is 16.0 Å². The van der Waals surface area contributed by atoms with Gasteiger partial charge in [-0.05, 0) is 59.2 Å². The van der Waals surface area contributed by atoms with Gasteiger partial charge in [0.2, 0.25) is 5.88 Å². The minimum absolute atomic E-state index is 0.0816. The van der Waals surface area contributed by atoms with E-state index in [0.717, 1.165) is 16.8 Å². The number of benzene rings is 1. The predicted molar refractivity (Wildman–Crippen MR) is 132 cm³/mol. The molecule has 3 N–H and O–H groups in total. The number of carbonyl (C=O) groups excluding carboxylic acids is 1. The molecule has 0 unspecified atom stereocenters. The van der Waals surface area contributed by atoms with Gasteiger partial charge in [-0.1, -0.05) is 11.6 Å². The average Bonchev–Trinajstić information content (AvgIpc) is 3.64. The molecular formula is C24H18ClN9O3. The van der Waals surface area contributed by atoms with Gasteiger partial charge in [-0.2, -0.15) is 4.68 Å². The lowest BCUT2D eigenvalue weighted by atomic mass is 10.0. The number of carbonyl (C=O) groups is 1. The molecule has 0 saturated heterocycles. The maximum atomic E-state index is 13.4. The van der Waals surface area contributed by atoms with Crippen LogP contribution in [-0.2, 0) is 6.42 Å². The Morgan fingerprint density at radius 2 is 2.03 bits per heavy atom. The number of amides is 1. The van der Waals surface area contributed by atoms with Gasteiger partial charge in [-0.25, -0.2) is 14.8 Å². The zero-order valence-corrected chi connectivity index (χ0v) is 19.8. The van der Waals surface area contributed by atoms with Crippen LogP contribution in [0.4, 0.5) is 4.79 Å². The molecule has 13 heteroatoms. The van der Waals surface area contributed by atoms with E-state index in [0.29, 0.717) is 40.6 Å². The maximum absolute atomic E-state index is 13.4. The molecule has 0 saturated carbocycles. The number of primary amides is 1. The molecule has 184 valence electrons. The summed E-state index contributed by atoms with van der Waals surface area (Å²) >= 11 is 6.28. The highest BCUT2D eigenvalue weighted by Gasteiger charge is 2.28. The van der Waals surface area contributed by atoms with E-state index < -0.39 is 6.09 Å². The zero-order valence-electron chi connectivity index (χ0n) is 19.1. The summed E-state index contributed by atoms with van der Waals surface area (Å²) in [6.07, 6.45) is 5.11. The Labute approximate surface area is 213 Å². The zero-order chi connectivity index (χ0) is 25.5. The van der Waals surface area contributed by atoms with Crippen LogP contribution in [0, 0.1) is 0 Å². The number of aryl methyl sites for hydroxylation is 1. The highest BCUT2D eigenvalue weighted by molar-refractivity contribution is 6.31. The third-order valence-corrected chi connectivity index (χ3v) is 6.40. The second-order valence-corrected chi connectivity index (χ2v) is 8.84. The number of nitrogens with two attached hydrogens (primary N) is 1. The molecular weight excluding hydrogens is 498 g/mol. The standard InChI is InChI=1S/C24H18ClN9O3/c25-15-1-3-19(33-12-29-31-32-33)17(10-15)14-7-16-2-4-20(34(16)22(35)9-14)23-28-11-18(30-23)13-5-6-27-21(8-13)37-24(26)36/h1,3,5-12,20H,2,4H2,(H2,26,36)(H,28,30)/t20-/m0/s1. The quantitative estimate of drug-likeness (QED) is 0.361. The van der Waals surface area contributed by atoms with E-state index in [1.807, 2.05) is 12.1 Å². The Bertz CT molecular complexity index is 1690. The van der Waals surface area contributed by atoms with E-state index in [4.69, 9.17) is 22.1 Å². The number of aromatic nitrogens is 8. The van der Waals surface area contributed by atoms with Crippen molar-refractivity contribution in [2.45, 2.75) is 18.9 Å². The highest BCUT2D eigenvalue weighted by atomic mass is 35.5. The van der Waals surface area contributed by atoms with Crippen LogP contribution >= 0.6 is 11.6 Å². The summed E-state index contributed by atoms with van der Waals surface area (Å²) in [5.74, 6) is 0.730. The first-order valence-electron chi connectivity index (χ1n) is 11.2. The number of aromatic amines is 1. The Morgan fingerprint density at radius 1 is 1.14 bits per heavy atom. The van der Waals surface area contributed by atoms with Crippen LogP contribution in [0.5, 0.6) is 5.88 Å². The van der Waals surface area contributed by atoms with Gasteiger partial charge in [0, 0.05) is 40.2 Å². The van der Waals surface area contributed by atoms with Crippen molar-refractivity contribution in [1.82, 2.24) is 39.7 Å². The Morgan fingerprint density at radius 3 is 2.84 bits per heavy atom. The van der Waals surface area contributed by atoms with Gasteiger partial charge < -0.3 is 20.0 Å². The lowest BCUT2D eigenvalue weighted by Crippen LogP contribution is -2.23. The van der Waals surface area contributed by atoms with Gasteiger partial charge in [0.05, 0.1) is 23.6 Å². The summed E-state index contributed by atoms with van der Waals surface area (Å²) < 4.78 is 8.14. The van der Waals surface area contributed by atoms with Gasteiger partial charge >= 0.3 is 6.09 Å². The number of fused-ring (bicyclic) bond motifs is 1. The number of tetrazole rings is 1. The van der Waals surface area contributed by atoms with Crippen LogP contribution in [0.15, 0.2) is 66.0 Å². The van der Waals surface area contributed by atoms with Crippen molar-refractivity contribution in [3.8, 4) is 34.0 Å². The Balaban J connectivity index is 1.35. The molecule has 0 spiro atoms. The predicted octanol–water partition coefficient (Wildman–Crippen LogP) is 2.92. The first kappa shape index (κ1) is 22.6. The number of halogens is 1. The fraction of sp³-hybridized carbons (Fsp3) is 0.125. The fourth-order valence-electron chi connectivity index (χ4n) is 4.61. The number of imidazole rings is 1. The lowest BCUT2D eigenvalue weighted by Gasteiger charge is -2.15. The normalized spacial score (nSPS) is 14.5. The van der Waals surface area contributed by atoms with Gasteiger partial charge in [0.1, 0.15) is 12.2 Å². The van der Waals surface area contributed by atoms with Gasteiger partial charge in [0.25, 0.3) is 5.56 Å². The third-order valence-electron chi connectivity index (χ3n) is 6.16. The van der Waals surface area contributed by atoms with Gasteiger partial charge in [-0.3, -0.25) is 4.79 Å². The first-order chi connectivity index (χ1) is 18.0. The molecule has 6 rings (SSSR count). The van der Waals surface area contributed by atoms with E-state index in [1.54, 1.807) is 41.1 Å². The molecule has 37 heavy (non-hydrogen) atoms.